The quantitative estimate of drug-likeness (QED) is 0.116. The molecule has 1 heterocycles. The Labute approximate surface area is 332 Å². The Hall–Kier alpha value is -6.73. The number of carbonyl (C=O) groups excluding carboxylic acids is 7. The Morgan fingerprint density at radius 2 is 1.05 bits per heavy atom. The maximum absolute atomic E-state index is 14.0. The van der Waals surface area contributed by atoms with E-state index in [1.165, 1.54) is 48.5 Å². The van der Waals surface area contributed by atoms with Gasteiger partial charge in [0.25, 0.3) is 0 Å². The molecule has 58 heavy (non-hydrogen) atoms. The number of hydrogen-bond donors (Lipinski definition) is 11. The Bertz CT molecular complexity index is 1840. The summed E-state index contributed by atoms with van der Waals surface area (Å²) in [4.78, 5) is 118. The number of carbonyl (C=O) groups is 9. The van der Waals surface area contributed by atoms with E-state index >= 15 is 0 Å². The van der Waals surface area contributed by atoms with Gasteiger partial charge in [-0.1, -0.05) is 38.1 Å². The van der Waals surface area contributed by atoms with Crippen molar-refractivity contribution < 1.29 is 63.6 Å². The van der Waals surface area contributed by atoms with E-state index in [1.54, 1.807) is 13.8 Å². The second-order valence-electron chi connectivity index (χ2n) is 14.3. The molecule has 20 nitrogen and oxygen atoms in total. The summed E-state index contributed by atoms with van der Waals surface area (Å²) < 4.78 is 0. The first-order valence-electron chi connectivity index (χ1n) is 18.4. The number of amides is 7. The number of primary amides is 1. The summed E-state index contributed by atoms with van der Waals surface area (Å²) in [5.74, 6) is -10.3. The third-order valence-corrected chi connectivity index (χ3v) is 8.99. The second-order valence-corrected chi connectivity index (χ2v) is 14.3. The number of carboxylic acid groups (broad SMARTS) is 2. The standard InChI is InChI=1S/C38H49N7O13/c1-19(2)15-26-35(55)41-24(33(39)53)11-13-30(48)40-27(16-20-3-7-22(46)8-4-20)36(56)44-28(17-21-5-9-23(47)10-6-21)37(57)45-29(18-32(51)52)38(58)42-25(34(54)43-26)12-14-31(49)50/h3-10,19,24-29,46-47H,11-18H2,1-2H3,(H2,39,53)(H,40,48)(H,41,55)(H,42,58)(H,43,54)(H,44,56)(H,45,57)(H,49,50)(H,51,52)/t24-,25-,26-,27-,28-,29-/m0/s1. The molecule has 1 saturated heterocycles. The minimum absolute atomic E-state index is 0.0166. The number of phenolic OH excluding ortho intramolecular Hbond substituents is 2. The van der Waals surface area contributed by atoms with Crippen LogP contribution in [0.2, 0.25) is 0 Å². The zero-order valence-corrected chi connectivity index (χ0v) is 31.9. The van der Waals surface area contributed by atoms with Crippen molar-refractivity contribution in [3.63, 3.8) is 0 Å². The second kappa shape index (κ2) is 21.5. The number of aliphatic carboxylic acids is 2. The van der Waals surface area contributed by atoms with Gasteiger partial charge in [0.1, 0.15) is 47.8 Å². The van der Waals surface area contributed by atoms with Crippen molar-refractivity contribution in [3.8, 4) is 11.5 Å². The van der Waals surface area contributed by atoms with Gasteiger partial charge >= 0.3 is 11.9 Å². The minimum atomic E-state index is -1.89. The fourth-order valence-electron chi connectivity index (χ4n) is 5.97. The van der Waals surface area contributed by atoms with E-state index in [4.69, 9.17) is 5.73 Å². The molecule has 3 rings (SSSR count). The predicted octanol–water partition coefficient (Wildman–Crippen LogP) is -1.54. The molecular formula is C38H49N7O13. The monoisotopic (exact) mass is 811 g/mol. The average molecular weight is 812 g/mol. The number of nitrogens with two attached hydrogens (primary N) is 1. The molecule has 0 aliphatic carbocycles. The van der Waals surface area contributed by atoms with Gasteiger partial charge in [-0.15, -0.1) is 0 Å². The smallest absolute Gasteiger partial charge is 0.305 e. The van der Waals surface area contributed by atoms with Crippen LogP contribution in [0.4, 0.5) is 0 Å². The highest BCUT2D eigenvalue weighted by Crippen LogP contribution is 2.15. The summed E-state index contributed by atoms with van der Waals surface area (Å²) in [7, 11) is 0. The molecule has 1 aliphatic heterocycles. The average Bonchev–Trinajstić information content (AvgIpc) is 3.14. The minimum Gasteiger partial charge on any atom is -0.508 e. The van der Waals surface area contributed by atoms with Crippen LogP contribution in [0.3, 0.4) is 0 Å². The maximum atomic E-state index is 14.0. The van der Waals surface area contributed by atoms with Crippen molar-refractivity contribution in [2.75, 3.05) is 0 Å². The topological polar surface area (TPSA) is 333 Å². The molecule has 0 saturated carbocycles. The maximum Gasteiger partial charge on any atom is 0.305 e. The van der Waals surface area contributed by atoms with Crippen LogP contribution in [0.5, 0.6) is 11.5 Å². The van der Waals surface area contributed by atoms with E-state index in [0.717, 1.165) is 0 Å². The molecule has 2 aromatic rings. The Morgan fingerprint density at radius 3 is 1.53 bits per heavy atom. The van der Waals surface area contributed by atoms with Crippen molar-refractivity contribution >= 4 is 53.3 Å². The zero-order valence-electron chi connectivity index (χ0n) is 31.9. The molecule has 0 unspecified atom stereocenters. The summed E-state index contributed by atoms with van der Waals surface area (Å²) >= 11 is 0. The number of carboxylic acids is 2. The SMILES string of the molecule is CC(C)C[C@@H]1NC(=O)[C@H](CCC(=O)O)NC(=O)[C@H](CC(=O)O)NC(=O)[C@H](Cc2ccc(O)cc2)NC(=O)[C@H](Cc2ccc(O)cc2)NC(=O)CC[C@@H](C(N)=O)NC1=O. The van der Waals surface area contributed by atoms with Crippen molar-refractivity contribution in [2.24, 2.45) is 11.7 Å². The Kier molecular flexibility index (Phi) is 17.0. The van der Waals surface area contributed by atoms with Crippen molar-refractivity contribution in [1.82, 2.24) is 31.9 Å². The fourth-order valence-corrected chi connectivity index (χ4v) is 5.97. The molecular weight excluding hydrogens is 762 g/mol. The van der Waals surface area contributed by atoms with Gasteiger partial charge in [0.2, 0.25) is 41.4 Å². The van der Waals surface area contributed by atoms with Crippen LogP contribution < -0.4 is 37.6 Å². The molecule has 0 radical (unpaired) electrons. The Morgan fingerprint density at radius 1 is 0.621 bits per heavy atom. The van der Waals surface area contributed by atoms with Crippen LogP contribution in [0.15, 0.2) is 48.5 Å². The van der Waals surface area contributed by atoms with Gasteiger partial charge in [0.05, 0.1) is 6.42 Å². The van der Waals surface area contributed by atoms with Crippen molar-refractivity contribution in [3.05, 3.63) is 59.7 Å². The summed E-state index contributed by atoms with van der Waals surface area (Å²) in [6.07, 6.45) is -3.50. The summed E-state index contributed by atoms with van der Waals surface area (Å²) in [6.45, 7) is 3.43. The normalized spacial score (nSPS) is 22.9. The van der Waals surface area contributed by atoms with Crippen molar-refractivity contribution in [2.45, 2.75) is 101 Å². The van der Waals surface area contributed by atoms with E-state index in [9.17, 15) is 63.6 Å². The van der Waals surface area contributed by atoms with Crippen LogP contribution in [0, 0.1) is 5.92 Å². The van der Waals surface area contributed by atoms with Gasteiger partial charge in [0, 0.05) is 25.7 Å². The van der Waals surface area contributed by atoms with Gasteiger partial charge in [-0.05, 0) is 60.6 Å². The van der Waals surface area contributed by atoms with E-state index in [-0.39, 0.29) is 43.1 Å². The first kappa shape index (κ1) is 45.7. The summed E-state index contributed by atoms with van der Waals surface area (Å²) in [6, 6.07) is 1.81. The lowest BCUT2D eigenvalue weighted by Gasteiger charge is -2.28. The molecule has 1 fully saturated rings. The van der Waals surface area contributed by atoms with Crippen molar-refractivity contribution in [1.29, 1.82) is 0 Å². The third kappa shape index (κ3) is 15.1. The number of hydrogen-bond acceptors (Lipinski definition) is 11. The van der Waals surface area contributed by atoms with Gasteiger partial charge in [-0.25, -0.2) is 0 Å². The molecule has 1 aliphatic rings. The molecule has 12 N–H and O–H groups in total. The summed E-state index contributed by atoms with van der Waals surface area (Å²) in [5.41, 5.74) is 6.42. The highest BCUT2D eigenvalue weighted by molar-refractivity contribution is 5.98. The lowest BCUT2D eigenvalue weighted by atomic mass is 10.00. The van der Waals surface area contributed by atoms with Crippen LogP contribution in [0.25, 0.3) is 0 Å². The molecule has 0 spiro atoms. The third-order valence-electron chi connectivity index (χ3n) is 8.99. The van der Waals surface area contributed by atoms with E-state index in [1.807, 2.05) is 0 Å². The highest BCUT2D eigenvalue weighted by atomic mass is 16.4. The first-order valence-corrected chi connectivity index (χ1v) is 18.4. The molecule has 2 aromatic carbocycles. The summed E-state index contributed by atoms with van der Waals surface area (Å²) in [5, 5.41) is 53.2. The van der Waals surface area contributed by atoms with E-state index in [2.05, 4.69) is 31.9 Å². The number of rotatable bonds is 12. The lowest BCUT2D eigenvalue weighted by Crippen LogP contribution is -2.60. The molecule has 20 heteroatoms. The van der Waals surface area contributed by atoms with Crippen LogP contribution in [0.1, 0.15) is 63.5 Å². The van der Waals surface area contributed by atoms with Crippen LogP contribution in [-0.4, -0.2) is 110 Å². The highest BCUT2D eigenvalue weighted by Gasteiger charge is 2.35. The van der Waals surface area contributed by atoms with E-state index in [0.29, 0.717) is 11.1 Å². The van der Waals surface area contributed by atoms with Crippen LogP contribution in [-0.2, 0) is 56.0 Å². The molecule has 0 aromatic heterocycles. The predicted molar refractivity (Wildman–Crippen MR) is 202 cm³/mol. The van der Waals surface area contributed by atoms with Gasteiger partial charge in [-0.2, -0.15) is 0 Å². The van der Waals surface area contributed by atoms with Crippen LogP contribution >= 0.6 is 0 Å². The first-order chi connectivity index (χ1) is 27.3. The molecule has 7 amide bonds. The number of phenols is 2. The number of benzene rings is 2. The Balaban J connectivity index is 2.13. The fraction of sp³-hybridized carbons (Fsp3) is 0.447. The number of nitrogens with one attached hydrogen (secondary N) is 6. The zero-order chi connectivity index (χ0) is 43.1. The van der Waals surface area contributed by atoms with E-state index < -0.39 is 115 Å². The molecule has 314 valence electrons. The largest absolute Gasteiger partial charge is 0.508 e. The van der Waals surface area contributed by atoms with Gasteiger partial charge in [0.15, 0.2) is 0 Å². The lowest BCUT2D eigenvalue weighted by molar-refractivity contribution is -0.141. The number of aromatic hydroxyl groups is 2. The molecule has 6 atom stereocenters. The molecule has 0 bridgehead atoms. The van der Waals surface area contributed by atoms with Gasteiger partial charge in [-0.3, -0.25) is 43.2 Å². The van der Waals surface area contributed by atoms with Gasteiger partial charge < -0.3 is 58.1 Å².